The largest absolute Gasteiger partial charge is 0.495 e. The number of aliphatic hydroxyl groups is 1. The lowest BCUT2D eigenvalue weighted by Crippen LogP contribution is -2.42. The highest BCUT2D eigenvalue weighted by Crippen LogP contribution is 2.33. The molecule has 1 unspecified atom stereocenters. The van der Waals surface area contributed by atoms with E-state index in [0.29, 0.717) is 0 Å². The maximum Gasteiger partial charge on any atom is 0.142 e. The first kappa shape index (κ1) is 12.2. The molecular formula is C14H21NO2. The lowest BCUT2D eigenvalue weighted by molar-refractivity contribution is 0.239. The van der Waals surface area contributed by atoms with Crippen LogP contribution in [0.2, 0.25) is 0 Å². The van der Waals surface area contributed by atoms with Gasteiger partial charge in [-0.2, -0.15) is 0 Å². The molecule has 1 atom stereocenters. The van der Waals surface area contributed by atoms with Gasteiger partial charge in [0.15, 0.2) is 0 Å². The second-order valence-corrected chi connectivity index (χ2v) is 4.70. The minimum Gasteiger partial charge on any atom is -0.495 e. The van der Waals surface area contributed by atoms with Crippen LogP contribution in [-0.4, -0.2) is 31.4 Å². The molecule has 94 valence electrons. The molecule has 0 saturated carbocycles. The third kappa shape index (κ3) is 2.55. The van der Waals surface area contributed by atoms with Crippen molar-refractivity contribution in [3.8, 4) is 5.75 Å². The molecule has 1 aliphatic rings. The van der Waals surface area contributed by atoms with Crippen LogP contribution in [0.5, 0.6) is 5.75 Å². The molecule has 1 heterocycles. The van der Waals surface area contributed by atoms with Gasteiger partial charge in [-0.05, 0) is 43.9 Å². The summed E-state index contributed by atoms with van der Waals surface area (Å²) in [6, 6.07) is 6.44. The zero-order valence-electron chi connectivity index (χ0n) is 10.6. The standard InChI is InChI=1S/C14H21NO2/c1-11-6-7-14(17-2)13(9-11)15-8-4-3-5-12(15)10-16/h6-7,9,12,16H,3-5,8,10H2,1-2H3. The Hall–Kier alpha value is -1.22. The topological polar surface area (TPSA) is 32.7 Å². The van der Waals surface area contributed by atoms with E-state index in [1.54, 1.807) is 7.11 Å². The zero-order valence-corrected chi connectivity index (χ0v) is 10.6. The molecular weight excluding hydrogens is 214 g/mol. The average Bonchev–Trinajstić information content (AvgIpc) is 2.38. The maximum absolute atomic E-state index is 9.47. The van der Waals surface area contributed by atoms with E-state index >= 15 is 0 Å². The summed E-state index contributed by atoms with van der Waals surface area (Å²) in [5.74, 6) is 0.899. The number of methoxy groups -OCH3 is 1. The first-order valence-electron chi connectivity index (χ1n) is 6.28. The molecule has 0 amide bonds. The SMILES string of the molecule is COc1ccc(C)cc1N1CCCCC1CO. The molecule has 1 aliphatic heterocycles. The molecule has 0 spiro atoms. The van der Waals surface area contributed by atoms with E-state index < -0.39 is 0 Å². The van der Waals surface area contributed by atoms with Gasteiger partial charge in [-0.1, -0.05) is 6.07 Å². The third-order valence-corrected chi connectivity index (χ3v) is 3.48. The number of hydrogen-bond donors (Lipinski definition) is 1. The van der Waals surface area contributed by atoms with E-state index in [4.69, 9.17) is 4.74 Å². The minimum absolute atomic E-state index is 0.219. The van der Waals surface area contributed by atoms with Gasteiger partial charge < -0.3 is 14.7 Å². The van der Waals surface area contributed by atoms with Gasteiger partial charge in [-0.15, -0.1) is 0 Å². The Kier molecular flexibility index (Phi) is 3.89. The molecule has 0 aromatic heterocycles. The van der Waals surface area contributed by atoms with E-state index in [9.17, 15) is 5.11 Å². The molecule has 1 aromatic rings. The van der Waals surface area contributed by atoms with Gasteiger partial charge in [0.1, 0.15) is 5.75 Å². The molecule has 1 fully saturated rings. The summed E-state index contributed by atoms with van der Waals surface area (Å²) >= 11 is 0. The molecule has 17 heavy (non-hydrogen) atoms. The highest BCUT2D eigenvalue weighted by Gasteiger charge is 2.24. The summed E-state index contributed by atoms with van der Waals surface area (Å²) in [6.45, 7) is 3.31. The van der Waals surface area contributed by atoms with Gasteiger partial charge in [0.25, 0.3) is 0 Å². The van der Waals surface area contributed by atoms with Crippen LogP contribution in [0.15, 0.2) is 18.2 Å². The van der Waals surface area contributed by atoms with Crippen molar-refractivity contribution in [1.29, 1.82) is 0 Å². The fraction of sp³-hybridized carbons (Fsp3) is 0.571. The Labute approximate surface area is 103 Å². The molecule has 0 radical (unpaired) electrons. The molecule has 2 rings (SSSR count). The van der Waals surface area contributed by atoms with Gasteiger partial charge in [0.2, 0.25) is 0 Å². The Balaban J connectivity index is 2.33. The molecule has 1 aromatic carbocycles. The van der Waals surface area contributed by atoms with Gasteiger partial charge >= 0.3 is 0 Å². The zero-order chi connectivity index (χ0) is 12.3. The lowest BCUT2D eigenvalue weighted by Gasteiger charge is -2.37. The van der Waals surface area contributed by atoms with Crippen LogP contribution < -0.4 is 9.64 Å². The highest BCUT2D eigenvalue weighted by atomic mass is 16.5. The number of ether oxygens (including phenoxy) is 1. The van der Waals surface area contributed by atoms with E-state index in [-0.39, 0.29) is 12.6 Å². The van der Waals surface area contributed by atoms with E-state index in [0.717, 1.165) is 24.4 Å². The Morgan fingerprint density at radius 3 is 2.94 bits per heavy atom. The van der Waals surface area contributed by atoms with Crippen LogP contribution in [0, 0.1) is 6.92 Å². The molecule has 1 saturated heterocycles. The van der Waals surface area contributed by atoms with Crippen molar-refractivity contribution in [2.24, 2.45) is 0 Å². The fourth-order valence-corrected chi connectivity index (χ4v) is 2.53. The van der Waals surface area contributed by atoms with E-state index in [1.165, 1.54) is 18.4 Å². The highest BCUT2D eigenvalue weighted by molar-refractivity contribution is 5.61. The molecule has 1 N–H and O–H groups in total. The average molecular weight is 235 g/mol. The number of rotatable bonds is 3. The minimum atomic E-state index is 0.219. The second-order valence-electron chi connectivity index (χ2n) is 4.70. The van der Waals surface area contributed by atoms with Crippen LogP contribution in [0.1, 0.15) is 24.8 Å². The number of piperidine rings is 1. The maximum atomic E-state index is 9.47. The normalized spacial score (nSPS) is 20.4. The summed E-state index contributed by atoms with van der Waals surface area (Å²) in [6.07, 6.45) is 3.46. The second kappa shape index (κ2) is 5.41. The summed E-state index contributed by atoms with van der Waals surface area (Å²) in [5.41, 5.74) is 2.34. The van der Waals surface area contributed by atoms with Crippen LogP contribution in [0.3, 0.4) is 0 Å². The Bertz CT molecular complexity index is 378. The molecule has 3 heteroatoms. The molecule has 3 nitrogen and oxygen atoms in total. The first-order valence-corrected chi connectivity index (χ1v) is 6.28. The predicted octanol–water partition coefficient (Wildman–Crippen LogP) is 2.35. The van der Waals surface area contributed by atoms with Crippen LogP contribution in [0.25, 0.3) is 0 Å². The van der Waals surface area contributed by atoms with Crippen LogP contribution in [0.4, 0.5) is 5.69 Å². The van der Waals surface area contributed by atoms with Crippen molar-refractivity contribution < 1.29 is 9.84 Å². The monoisotopic (exact) mass is 235 g/mol. The van der Waals surface area contributed by atoms with Gasteiger partial charge in [0.05, 0.1) is 25.4 Å². The quantitative estimate of drug-likeness (QED) is 0.873. The van der Waals surface area contributed by atoms with Gasteiger partial charge in [0, 0.05) is 6.54 Å². The number of benzene rings is 1. The van der Waals surface area contributed by atoms with E-state index in [2.05, 4.69) is 24.0 Å². The first-order chi connectivity index (χ1) is 8.26. The predicted molar refractivity (Wildman–Crippen MR) is 69.8 cm³/mol. The summed E-state index contributed by atoms with van der Waals surface area (Å²) in [4.78, 5) is 2.29. The smallest absolute Gasteiger partial charge is 0.142 e. The number of aliphatic hydroxyl groups excluding tert-OH is 1. The van der Waals surface area contributed by atoms with Crippen LogP contribution >= 0.6 is 0 Å². The van der Waals surface area contributed by atoms with Crippen LogP contribution in [-0.2, 0) is 0 Å². The van der Waals surface area contributed by atoms with E-state index in [1.807, 2.05) is 6.07 Å². The summed E-state index contributed by atoms with van der Waals surface area (Å²) < 4.78 is 5.42. The van der Waals surface area contributed by atoms with Crippen molar-refractivity contribution in [3.05, 3.63) is 23.8 Å². The third-order valence-electron chi connectivity index (χ3n) is 3.48. The molecule has 0 bridgehead atoms. The van der Waals surface area contributed by atoms with Crippen molar-refractivity contribution in [2.75, 3.05) is 25.2 Å². The number of anilines is 1. The lowest BCUT2D eigenvalue weighted by atomic mass is 10.0. The Morgan fingerprint density at radius 2 is 2.24 bits per heavy atom. The summed E-state index contributed by atoms with van der Waals surface area (Å²) in [5, 5.41) is 9.47. The van der Waals surface area contributed by atoms with Gasteiger partial charge in [-0.3, -0.25) is 0 Å². The fourth-order valence-electron chi connectivity index (χ4n) is 2.53. The number of nitrogens with zero attached hydrogens (tertiary/aromatic N) is 1. The van der Waals surface area contributed by atoms with Gasteiger partial charge in [-0.25, -0.2) is 0 Å². The molecule has 0 aliphatic carbocycles. The Morgan fingerprint density at radius 1 is 1.41 bits per heavy atom. The van der Waals surface area contributed by atoms with Crippen molar-refractivity contribution in [1.82, 2.24) is 0 Å². The van der Waals surface area contributed by atoms with Crippen molar-refractivity contribution >= 4 is 5.69 Å². The number of hydrogen-bond acceptors (Lipinski definition) is 3. The van der Waals surface area contributed by atoms with Crippen molar-refractivity contribution in [3.63, 3.8) is 0 Å². The van der Waals surface area contributed by atoms with Crippen molar-refractivity contribution in [2.45, 2.75) is 32.2 Å². The number of aryl methyl sites for hydroxylation is 1. The summed E-state index contributed by atoms with van der Waals surface area (Å²) in [7, 11) is 1.70.